The van der Waals surface area contributed by atoms with Crippen LogP contribution in [0.2, 0.25) is 0 Å². The fourth-order valence-corrected chi connectivity index (χ4v) is 0. The van der Waals surface area contributed by atoms with Crippen LogP contribution in [0.3, 0.4) is 0 Å². The quantitative estimate of drug-likeness (QED) is 0.392. The molecule has 0 fully saturated rings. The maximum Gasteiger partial charge on any atom is 3.00 e. The molecule has 0 aliphatic heterocycles. The van der Waals surface area contributed by atoms with Crippen LogP contribution in [0.4, 0.5) is 0 Å². The molecular formula is H16CoO12P. The Morgan fingerprint density at radius 2 is 0.571 bits per heavy atom. The molecule has 0 unspecified atom stereocenters. The molecule has 0 saturated heterocycles. The molecule has 0 aliphatic rings. The Balaban J connectivity index is -0.00000000222. The van der Waals surface area contributed by atoms with Gasteiger partial charge in [0.1, 0.15) is 0 Å². The monoisotopic (exact) mass is 298 g/mol. The Hall–Kier alpha value is 0.296. The summed E-state index contributed by atoms with van der Waals surface area (Å²) in [6.45, 7) is 0. The smallest absolute Gasteiger partial charge is 0.822 e. The second-order valence-electron chi connectivity index (χ2n) is 0.447. The van der Waals surface area contributed by atoms with Crippen molar-refractivity contribution in [3.8, 4) is 0 Å². The predicted molar refractivity (Wildman–Crippen MR) is 36.5 cm³/mol. The van der Waals surface area contributed by atoms with Crippen LogP contribution >= 0.6 is 7.82 Å². The van der Waals surface area contributed by atoms with Gasteiger partial charge in [-0.1, -0.05) is 0 Å². The molecule has 0 atom stereocenters. The first kappa shape index (κ1) is 137. The zero-order valence-electron chi connectivity index (χ0n) is 6.41. The molecule has 0 saturated carbocycles. The molecule has 0 aliphatic carbocycles. The van der Waals surface area contributed by atoms with Gasteiger partial charge < -0.3 is 63.1 Å². The van der Waals surface area contributed by atoms with Crippen molar-refractivity contribution >= 4 is 7.82 Å². The number of phosphoric acid groups is 1. The second kappa shape index (κ2) is 50.7. The first-order chi connectivity index (χ1) is 2.00. The van der Waals surface area contributed by atoms with Crippen molar-refractivity contribution in [3.63, 3.8) is 0 Å². The third kappa shape index (κ3) is 17900. The van der Waals surface area contributed by atoms with Gasteiger partial charge in [-0.05, 0) is 0 Å². The van der Waals surface area contributed by atoms with Gasteiger partial charge in [-0.15, -0.1) is 0 Å². The van der Waals surface area contributed by atoms with E-state index in [1.54, 1.807) is 0 Å². The van der Waals surface area contributed by atoms with Crippen LogP contribution in [0, 0.1) is 0 Å². The Morgan fingerprint density at radius 3 is 0.571 bits per heavy atom. The van der Waals surface area contributed by atoms with E-state index >= 15 is 0 Å². The minimum Gasteiger partial charge on any atom is -0.822 e. The summed E-state index contributed by atoms with van der Waals surface area (Å²) in [5.41, 5.74) is 0. The van der Waals surface area contributed by atoms with E-state index in [1.165, 1.54) is 0 Å². The van der Waals surface area contributed by atoms with E-state index in [1.807, 2.05) is 0 Å². The molecule has 12 nitrogen and oxygen atoms in total. The van der Waals surface area contributed by atoms with Crippen LogP contribution in [0.25, 0.3) is 0 Å². The average Bonchev–Trinajstić information content (AvgIpc) is 0.722. The van der Waals surface area contributed by atoms with Crippen molar-refractivity contribution in [1.82, 2.24) is 0 Å². The minimum absolute atomic E-state index is 0. The van der Waals surface area contributed by atoms with Crippen LogP contribution in [-0.2, 0) is 21.3 Å². The zero-order valence-corrected chi connectivity index (χ0v) is 8.35. The van der Waals surface area contributed by atoms with Crippen LogP contribution in [-0.4, -0.2) is 43.8 Å². The molecule has 102 valence electrons. The predicted octanol–water partition coefficient (Wildman–Crippen LogP) is -9.42. The molecule has 0 aromatic rings. The topological polar surface area (TPSA) is 338 Å². The average molecular weight is 298 g/mol. The maximum absolute atomic E-state index is 8.55. The number of hydrogen-bond donors (Lipinski definition) is 0. The van der Waals surface area contributed by atoms with Gasteiger partial charge in [0.2, 0.25) is 0 Å². The molecule has 0 radical (unpaired) electrons. The summed E-state index contributed by atoms with van der Waals surface area (Å²) >= 11 is 0. The van der Waals surface area contributed by atoms with Crippen LogP contribution in [0.15, 0.2) is 0 Å². The van der Waals surface area contributed by atoms with Gasteiger partial charge in [0, 0.05) is 0 Å². The molecule has 0 heterocycles. The Bertz CT molecular complexity index is 56.5. The van der Waals surface area contributed by atoms with Crippen LogP contribution < -0.4 is 14.7 Å². The number of rotatable bonds is 0. The van der Waals surface area contributed by atoms with Crippen molar-refractivity contribution in [2.75, 3.05) is 0 Å². The molecular weight excluding hydrogens is 282 g/mol. The molecule has 0 aromatic carbocycles. The van der Waals surface area contributed by atoms with Gasteiger partial charge in [0.25, 0.3) is 0 Å². The fourth-order valence-electron chi connectivity index (χ4n) is 0. The van der Waals surface area contributed by atoms with Gasteiger partial charge in [0.05, 0.1) is 0 Å². The SMILES string of the molecule is O.O.O.O.O.O.O.O.O=P([O-])([O-])[O-].[Co+3]. The number of hydrogen-bond acceptors (Lipinski definition) is 4. The molecule has 0 bridgehead atoms. The van der Waals surface area contributed by atoms with E-state index in [0.29, 0.717) is 0 Å². The third-order valence-corrected chi connectivity index (χ3v) is 0. The van der Waals surface area contributed by atoms with Gasteiger partial charge in [-0.3, -0.25) is 0 Å². The molecule has 16 N–H and O–H groups in total. The van der Waals surface area contributed by atoms with E-state index < -0.39 is 7.82 Å². The van der Waals surface area contributed by atoms with Crippen molar-refractivity contribution < 1.29 is 79.8 Å². The zero-order chi connectivity index (χ0) is 4.50. The summed E-state index contributed by atoms with van der Waals surface area (Å²) in [4.78, 5) is 25.6. The summed E-state index contributed by atoms with van der Waals surface area (Å²) in [7, 11) is -5.39. The Morgan fingerprint density at radius 1 is 0.571 bits per heavy atom. The van der Waals surface area contributed by atoms with E-state index in [0.717, 1.165) is 0 Å². The van der Waals surface area contributed by atoms with Gasteiger partial charge in [-0.25, -0.2) is 0 Å². The summed E-state index contributed by atoms with van der Waals surface area (Å²) in [5.74, 6) is 0. The minimum atomic E-state index is -5.39. The van der Waals surface area contributed by atoms with E-state index in [4.69, 9.17) is 19.2 Å². The van der Waals surface area contributed by atoms with Crippen molar-refractivity contribution in [2.24, 2.45) is 0 Å². The molecule has 0 amide bonds. The van der Waals surface area contributed by atoms with Gasteiger partial charge in [-0.2, -0.15) is 7.82 Å². The van der Waals surface area contributed by atoms with Crippen molar-refractivity contribution in [1.29, 1.82) is 0 Å². The first-order valence-corrected chi connectivity index (χ1v) is 2.19. The van der Waals surface area contributed by atoms with Crippen LogP contribution in [0.5, 0.6) is 0 Å². The summed E-state index contributed by atoms with van der Waals surface area (Å²) in [6, 6.07) is 0. The maximum atomic E-state index is 8.55. The molecule has 0 rings (SSSR count). The first-order valence-electron chi connectivity index (χ1n) is 0.730. The Labute approximate surface area is 88.5 Å². The Kier molecular flexibility index (Phi) is 496. The van der Waals surface area contributed by atoms with E-state index in [-0.39, 0.29) is 60.6 Å². The third-order valence-electron chi connectivity index (χ3n) is 0. The van der Waals surface area contributed by atoms with Crippen molar-refractivity contribution in [2.45, 2.75) is 0 Å². The molecule has 14 heavy (non-hydrogen) atoms. The second-order valence-corrected chi connectivity index (χ2v) is 1.34. The summed E-state index contributed by atoms with van der Waals surface area (Å²) in [5, 5.41) is 0. The standard InChI is InChI=1S/Co.H3O4P.8H2O/c;1-5(2,3)4;;;;;;;;/h;(H3,1,2,3,4);8*1H2/q+3;;;;;;;;;/p-3. The summed E-state index contributed by atoms with van der Waals surface area (Å²) in [6.07, 6.45) is 0. The summed E-state index contributed by atoms with van der Waals surface area (Å²) < 4.78 is 8.55. The van der Waals surface area contributed by atoms with Gasteiger partial charge >= 0.3 is 16.8 Å². The fraction of sp³-hybridized carbons (Fsp3) is 0. The van der Waals surface area contributed by atoms with Gasteiger partial charge in [0.15, 0.2) is 0 Å². The normalized spacial score (nSPS) is 4.21. The molecule has 0 spiro atoms. The van der Waals surface area contributed by atoms with Crippen LogP contribution in [0.1, 0.15) is 0 Å². The van der Waals surface area contributed by atoms with Crippen molar-refractivity contribution in [3.05, 3.63) is 0 Å². The largest absolute Gasteiger partial charge is 3.00 e. The van der Waals surface area contributed by atoms with E-state index in [9.17, 15) is 0 Å². The van der Waals surface area contributed by atoms with E-state index in [2.05, 4.69) is 0 Å². The molecule has 14 heteroatoms. The molecule has 0 aromatic heterocycles.